The van der Waals surface area contributed by atoms with Gasteiger partial charge in [-0.25, -0.2) is 0 Å². The lowest BCUT2D eigenvalue weighted by atomic mass is 9.77. The molecule has 0 spiro atoms. The summed E-state index contributed by atoms with van der Waals surface area (Å²) >= 11 is 0. The number of hydrogen-bond donors (Lipinski definition) is 2. The topological polar surface area (TPSA) is 58.4 Å². The summed E-state index contributed by atoms with van der Waals surface area (Å²) in [7, 11) is 1.87. The molecule has 1 amide bonds. The molecule has 0 bridgehead atoms. The molecule has 2 aliphatic carbocycles. The van der Waals surface area contributed by atoms with E-state index in [2.05, 4.69) is 17.1 Å². The molecule has 0 saturated heterocycles. The maximum Gasteiger partial charge on any atom is 0.237 e. The van der Waals surface area contributed by atoms with Gasteiger partial charge in [0.15, 0.2) is 0 Å². The maximum atomic E-state index is 11.8. The van der Waals surface area contributed by atoms with Crippen LogP contribution in [0.4, 0.5) is 0 Å². The number of carbonyl (C=O) groups is 1. The van der Waals surface area contributed by atoms with Crippen LogP contribution in [0.25, 0.3) is 0 Å². The predicted octanol–water partition coefficient (Wildman–Crippen LogP) is 1.25. The van der Waals surface area contributed by atoms with Gasteiger partial charge in [-0.15, -0.1) is 0 Å². The van der Waals surface area contributed by atoms with Crippen LogP contribution in [0.5, 0.6) is 0 Å². The first kappa shape index (κ1) is 13.8. The van der Waals surface area contributed by atoms with Crippen LogP contribution in [0, 0.1) is 0 Å². The van der Waals surface area contributed by atoms with Crippen molar-refractivity contribution < 1.29 is 4.79 Å². The minimum Gasteiger partial charge on any atom is -0.368 e. The van der Waals surface area contributed by atoms with Gasteiger partial charge in [-0.05, 0) is 58.5 Å². The van der Waals surface area contributed by atoms with Crippen molar-refractivity contribution in [2.24, 2.45) is 5.73 Å². The second-order valence-electron chi connectivity index (χ2n) is 5.92. The zero-order valence-electron chi connectivity index (χ0n) is 11.7. The molecule has 0 aliphatic heterocycles. The second kappa shape index (κ2) is 5.57. The summed E-state index contributed by atoms with van der Waals surface area (Å²) in [5, 5.41) is 3.20. The second-order valence-corrected chi connectivity index (χ2v) is 5.92. The highest BCUT2D eigenvalue weighted by Crippen LogP contribution is 2.37. The molecule has 4 heteroatoms. The molecule has 0 aromatic heterocycles. The molecule has 3 N–H and O–H groups in total. The third-order valence-electron chi connectivity index (χ3n) is 4.64. The van der Waals surface area contributed by atoms with E-state index in [4.69, 9.17) is 5.73 Å². The lowest BCUT2D eigenvalue weighted by molar-refractivity contribution is -0.126. The summed E-state index contributed by atoms with van der Waals surface area (Å²) in [6.07, 6.45) is 7.94. The Labute approximate surface area is 110 Å². The fourth-order valence-electron chi connectivity index (χ4n) is 3.43. The van der Waals surface area contributed by atoms with Gasteiger partial charge in [-0.2, -0.15) is 0 Å². The molecule has 2 unspecified atom stereocenters. The molecule has 104 valence electrons. The van der Waals surface area contributed by atoms with E-state index in [-0.39, 0.29) is 5.91 Å². The van der Waals surface area contributed by atoms with Gasteiger partial charge in [0.1, 0.15) is 0 Å². The van der Waals surface area contributed by atoms with Crippen molar-refractivity contribution in [3.05, 3.63) is 0 Å². The molecule has 0 radical (unpaired) electrons. The average Bonchev–Trinajstić information content (AvgIpc) is 3.20. The zero-order chi connectivity index (χ0) is 13.2. The third-order valence-corrected chi connectivity index (χ3v) is 4.64. The van der Waals surface area contributed by atoms with Crippen LogP contribution in [0.15, 0.2) is 0 Å². The highest BCUT2D eigenvalue weighted by molar-refractivity contribution is 5.84. The number of hydrogen-bond acceptors (Lipinski definition) is 3. The first-order valence-corrected chi connectivity index (χ1v) is 7.37. The van der Waals surface area contributed by atoms with Gasteiger partial charge in [-0.3, -0.25) is 9.69 Å². The number of likely N-dealkylation sites (N-methyl/N-ethyl adjacent to an activating group) is 1. The van der Waals surface area contributed by atoms with Crippen molar-refractivity contribution in [2.45, 2.75) is 69.5 Å². The van der Waals surface area contributed by atoms with E-state index >= 15 is 0 Å². The molecule has 18 heavy (non-hydrogen) atoms. The fourth-order valence-corrected chi connectivity index (χ4v) is 3.43. The molecule has 2 rings (SSSR count). The van der Waals surface area contributed by atoms with Crippen molar-refractivity contribution in [1.82, 2.24) is 10.2 Å². The largest absolute Gasteiger partial charge is 0.368 e. The van der Waals surface area contributed by atoms with Gasteiger partial charge in [0.2, 0.25) is 5.91 Å². The van der Waals surface area contributed by atoms with Crippen molar-refractivity contribution >= 4 is 5.91 Å². The Bertz CT molecular complexity index is 303. The summed E-state index contributed by atoms with van der Waals surface area (Å²) < 4.78 is 0. The first-order chi connectivity index (χ1) is 8.63. The molecule has 2 atom stereocenters. The van der Waals surface area contributed by atoms with Gasteiger partial charge in [0, 0.05) is 12.1 Å². The Balaban J connectivity index is 2.06. The number of nitrogens with zero attached hydrogens (tertiary/aromatic N) is 1. The molecular weight excluding hydrogens is 226 g/mol. The number of carbonyl (C=O) groups excluding carboxylic acids is 1. The number of rotatable bonds is 6. The molecule has 0 aromatic carbocycles. The summed E-state index contributed by atoms with van der Waals surface area (Å²) in [6, 6.07) is 1.31. The van der Waals surface area contributed by atoms with Gasteiger partial charge < -0.3 is 11.1 Å². The van der Waals surface area contributed by atoms with Gasteiger partial charge in [0.05, 0.1) is 5.54 Å². The lowest BCUT2D eigenvalue weighted by Gasteiger charge is -2.43. The molecule has 0 heterocycles. The van der Waals surface area contributed by atoms with E-state index in [0.717, 1.165) is 31.8 Å². The van der Waals surface area contributed by atoms with Crippen LogP contribution in [0.3, 0.4) is 0 Å². The number of amides is 1. The van der Waals surface area contributed by atoms with E-state index in [1.54, 1.807) is 0 Å². The summed E-state index contributed by atoms with van der Waals surface area (Å²) in [5.74, 6) is -0.179. The van der Waals surface area contributed by atoms with E-state index < -0.39 is 5.54 Å². The standard InChI is InChI=1S/C14H27N3O/c1-3-9-17(11-6-7-11)12-5-4-8-14(10-12,16-2)13(15)18/h11-12,16H,3-10H2,1-2H3,(H2,15,18). The highest BCUT2D eigenvalue weighted by Gasteiger charge is 2.44. The normalized spacial score (nSPS) is 32.7. The van der Waals surface area contributed by atoms with Gasteiger partial charge in [0.25, 0.3) is 0 Å². The first-order valence-electron chi connectivity index (χ1n) is 7.37. The molecule has 2 aliphatic rings. The summed E-state index contributed by atoms with van der Waals surface area (Å²) in [5.41, 5.74) is 5.15. The molecular formula is C14H27N3O. The molecule has 2 saturated carbocycles. The zero-order valence-corrected chi connectivity index (χ0v) is 11.7. The number of nitrogens with one attached hydrogen (secondary N) is 1. The summed E-state index contributed by atoms with van der Waals surface area (Å²) in [6.45, 7) is 3.39. The molecule has 0 aromatic rings. The van der Waals surface area contributed by atoms with Crippen molar-refractivity contribution in [1.29, 1.82) is 0 Å². The SMILES string of the molecule is CCCN(C1CC1)C1CCCC(NC)(C(N)=O)C1. The Morgan fingerprint density at radius 2 is 2.11 bits per heavy atom. The van der Waals surface area contributed by atoms with Crippen LogP contribution < -0.4 is 11.1 Å². The average molecular weight is 253 g/mol. The minimum absolute atomic E-state index is 0.179. The number of primary amides is 1. The molecule has 2 fully saturated rings. The number of nitrogens with two attached hydrogens (primary N) is 1. The predicted molar refractivity (Wildman–Crippen MR) is 73.3 cm³/mol. The Morgan fingerprint density at radius 1 is 1.39 bits per heavy atom. The van der Waals surface area contributed by atoms with Gasteiger partial charge >= 0.3 is 0 Å². The van der Waals surface area contributed by atoms with Crippen LogP contribution >= 0.6 is 0 Å². The smallest absolute Gasteiger partial charge is 0.237 e. The lowest BCUT2D eigenvalue weighted by Crippen LogP contribution is -2.59. The van der Waals surface area contributed by atoms with Gasteiger partial charge in [-0.1, -0.05) is 6.92 Å². The quantitative estimate of drug-likeness (QED) is 0.749. The Morgan fingerprint density at radius 3 is 2.61 bits per heavy atom. The monoisotopic (exact) mass is 253 g/mol. The summed E-state index contributed by atoms with van der Waals surface area (Å²) in [4.78, 5) is 14.4. The maximum absolute atomic E-state index is 11.8. The van der Waals surface area contributed by atoms with Crippen LogP contribution in [-0.2, 0) is 4.79 Å². The van der Waals surface area contributed by atoms with E-state index in [0.29, 0.717) is 6.04 Å². The Hall–Kier alpha value is -0.610. The van der Waals surface area contributed by atoms with Crippen LogP contribution in [-0.4, -0.2) is 42.0 Å². The third kappa shape index (κ3) is 2.69. The van der Waals surface area contributed by atoms with Crippen molar-refractivity contribution in [2.75, 3.05) is 13.6 Å². The van der Waals surface area contributed by atoms with E-state index in [9.17, 15) is 4.79 Å². The van der Waals surface area contributed by atoms with Crippen LogP contribution in [0.1, 0.15) is 51.9 Å². The molecule has 4 nitrogen and oxygen atoms in total. The highest BCUT2D eigenvalue weighted by atomic mass is 16.1. The Kier molecular flexibility index (Phi) is 4.28. The van der Waals surface area contributed by atoms with E-state index in [1.165, 1.54) is 25.7 Å². The fraction of sp³-hybridized carbons (Fsp3) is 0.929. The van der Waals surface area contributed by atoms with Crippen LogP contribution in [0.2, 0.25) is 0 Å². The van der Waals surface area contributed by atoms with Crippen molar-refractivity contribution in [3.8, 4) is 0 Å². The minimum atomic E-state index is -0.468. The van der Waals surface area contributed by atoms with E-state index in [1.807, 2.05) is 7.05 Å². The van der Waals surface area contributed by atoms with Crippen molar-refractivity contribution in [3.63, 3.8) is 0 Å².